The lowest BCUT2D eigenvalue weighted by molar-refractivity contribution is -0.115. The maximum absolute atomic E-state index is 12.7. The second kappa shape index (κ2) is 12.0. The normalized spacial score (nSPS) is 10.8. The summed E-state index contributed by atoms with van der Waals surface area (Å²) in [5.41, 5.74) is 4.33. The Balaban J connectivity index is 1.51. The van der Waals surface area contributed by atoms with E-state index in [0.717, 1.165) is 38.9 Å². The molecule has 4 aromatic rings. The zero-order valence-electron chi connectivity index (χ0n) is 20.2. The van der Waals surface area contributed by atoms with Crippen LogP contribution in [0, 0.1) is 6.92 Å². The summed E-state index contributed by atoms with van der Waals surface area (Å²) in [5.74, 6) is 1.34. The maximum Gasteiger partial charge on any atom is 0.228 e. The van der Waals surface area contributed by atoms with Crippen molar-refractivity contribution in [2.75, 3.05) is 19.5 Å². The van der Waals surface area contributed by atoms with Gasteiger partial charge in [-0.25, -0.2) is 4.98 Å². The molecule has 0 saturated carbocycles. The molecule has 9 heteroatoms. The van der Waals surface area contributed by atoms with Crippen LogP contribution in [0.2, 0.25) is 5.02 Å². The molecule has 0 radical (unpaired) electrons. The molecule has 186 valence electrons. The number of ether oxygens (including phenoxy) is 2. The van der Waals surface area contributed by atoms with Crippen LogP contribution in [0.3, 0.4) is 0 Å². The number of carbonyl (C=O) groups excluding carboxylic acids is 1. The highest BCUT2D eigenvalue weighted by molar-refractivity contribution is 7.97. The van der Waals surface area contributed by atoms with E-state index in [4.69, 9.17) is 21.1 Å². The summed E-state index contributed by atoms with van der Waals surface area (Å²) in [4.78, 5) is 18.0. The topological polar surface area (TPSA) is 77.4 Å². The predicted octanol–water partition coefficient (Wildman–Crippen LogP) is 5.83. The van der Waals surface area contributed by atoms with Crippen LogP contribution in [0.25, 0.3) is 5.69 Å². The summed E-state index contributed by atoms with van der Waals surface area (Å²) in [5, 5.41) is 3.56. The SMILES string of the molecule is COc1ccc(CNSc2cc(NC(=O)Cc3ccccc3Cl)ccc2-n2cnc(C)c2)c(OC)c1. The lowest BCUT2D eigenvalue weighted by Crippen LogP contribution is -2.15. The average molecular weight is 523 g/mol. The fourth-order valence-corrected chi connectivity index (χ4v) is 4.70. The van der Waals surface area contributed by atoms with Crippen LogP contribution in [0.4, 0.5) is 5.69 Å². The number of methoxy groups -OCH3 is 2. The predicted molar refractivity (Wildman–Crippen MR) is 144 cm³/mol. The van der Waals surface area contributed by atoms with Crippen LogP contribution >= 0.6 is 23.5 Å². The first kappa shape index (κ1) is 25.6. The van der Waals surface area contributed by atoms with Gasteiger partial charge in [0.25, 0.3) is 0 Å². The van der Waals surface area contributed by atoms with Crippen molar-refractivity contribution in [3.63, 3.8) is 0 Å². The first-order valence-corrected chi connectivity index (χ1v) is 12.4. The van der Waals surface area contributed by atoms with Gasteiger partial charge in [-0.05, 0) is 54.8 Å². The number of nitrogens with zero attached hydrogens (tertiary/aromatic N) is 2. The quantitative estimate of drug-likeness (QED) is 0.255. The molecule has 4 rings (SSSR count). The first-order chi connectivity index (χ1) is 17.5. The highest BCUT2D eigenvalue weighted by Gasteiger charge is 2.12. The standard InChI is InChI=1S/C27H27ClN4O3S/c1-18-16-32(17-29-18)24-11-9-21(31-27(33)12-19-6-4-5-7-23(19)28)13-26(24)36-30-15-20-8-10-22(34-2)14-25(20)35-3/h4-11,13-14,16-17,30H,12,15H2,1-3H3,(H,31,33). The van der Waals surface area contributed by atoms with E-state index in [2.05, 4.69) is 15.0 Å². The van der Waals surface area contributed by atoms with Gasteiger partial charge in [-0.1, -0.05) is 35.9 Å². The van der Waals surface area contributed by atoms with Crippen molar-refractivity contribution >= 4 is 35.1 Å². The van der Waals surface area contributed by atoms with E-state index in [0.29, 0.717) is 17.3 Å². The van der Waals surface area contributed by atoms with Gasteiger partial charge in [-0.2, -0.15) is 0 Å². The molecule has 1 aromatic heterocycles. The molecular formula is C27H27ClN4O3S. The molecule has 2 N–H and O–H groups in total. The molecule has 3 aromatic carbocycles. The molecule has 7 nitrogen and oxygen atoms in total. The van der Waals surface area contributed by atoms with Gasteiger partial charge in [0.15, 0.2) is 0 Å². The van der Waals surface area contributed by atoms with Gasteiger partial charge in [0, 0.05) is 40.0 Å². The van der Waals surface area contributed by atoms with Gasteiger partial charge < -0.3 is 19.4 Å². The van der Waals surface area contributed by atoms with E-state index < -0.39 is 0 Å². The Morgan fingerprint density at radius 3 is 2.61 bits per heavy atom. The number of halogens is 1. The van der Waals surface area contributed by atoms with Crippen molar-refractivity contribution < 1.29 is 14.3 Å². The van der Waals surface area contributed by atoms with E-state index in [1.54, 1.807) is 26.6 Å². The minimum atomic E-state index is -0.138. The molecule has 0 spiro atoms. The molecular weight excluding hydrogens is 496 g/mol. The number of anilines is 1. The Hall–Kier alpha value is -3.46. The summed E-state index contributed by atoms with van der Waals surface area (Å²) >= 11 is 7.68. The molecule has 0 aliphatic rings. The number of benzene rings is 3. The summed E-state index contributed by atoms with van der Waals surface area (Å²) in [6.45, 7) is 2.50. The van der Waals surface area contributed by atoms with E-state index >= 15 is 0 Å². The highest BCUT2D eigenvalue weighted by atomic mass is 35.5. The van der Waals surface area contributed by atoms with Crippen LogP contribution < -0.4 is 19.5 Å². The van der Waals surface area contributed by atoms with Crippen molar-refractivity contribution in [2.45, 2.75) is 24.8 Å². The zero-order chi connectivity index (χ0) is 25.5. The molecule has 0 fully saturated rings. The summed E-state index contributed by atoms with van der Waals surface area (Å²) in [6, 6.07) is 18.9. The van der Waals surface area contributed by atoms with Crippen LogP contribution in [0.5, 0.6) is 11.5 Å². The molecule has 0 unspecified atom stereocenters. The van der Waals surface area contributed by atoms with Gasteiger partial charge in [0.2, 0.25) is 5.91 Å². The van der Waals surface area contributed by atoms with Crippen molar-refractivity contribution in [1.29, 1.82) is 0 Å². The number of imidazole rings is 1. The highest BCUT2D eigenvalue weighted by Crippen LogP contribution is 2.30. The molecule has 1 amide bonds. The van der Waals surface area contributed by atoms with E-state index in [9.17, 15) is 4.79 Å². The van der Waals surface area contributed by atoms with Crippen LogP contribution in [-0.2, 0) is 17.8 Å². The van der Waals surface area contributed by atoms with Crippen LogP contribution in [0.1, 0.15) is 16.8 Å². The third kappa shape index (κ3) is 6.40. The van der Waals surface area contributed by atoms with Crippen LogP contribution in [0.15, 0.2) is 78.1 Å². The lowest BCUT2D eigenvalue weighted by Gasteiger charge is -2.15. The van der Waals surface area contributed by atoms with Crippen molar-refractivity contribution in [2.24, 2.45) is 0 Å². The molecule has 0 aliphatic carbocycles. The Morgan fingerprint density at radius 2 is 1.89 bits per heavy atom. The minimum Gasteiger partial charge on any atom is -0.497 e. The molecule has 0 saturated heterocycles. The fraction of sp³-hybridized carbons (Fsp3) is 0.185. The number of carbonyl (C=O) groups is 1. The molecule has 36 heavy (non-hydrogen) atoms. The number of hydrogen-bond donors (Lipinski definition) is 2. The van der Waals surface area contributed by atoms with E-state index in [-0.39, 0.29) is 12.3 Å². The van der Waals surface area contributed by atoms with Gasteiger partial charge in [-0.15, -0.1) is 0 Å². The van der Waals surface area contributed by atoms with Crippen molar-refractivity contribution in [3.8, 4) is 17.2 Å². The third-order valence-corrected chi connectivity index (χ3v) is 6.69. The minimum absolute atomic E-state index is 0.138. The second-order valence-corrected chi connectivity index (χ2v) is 9.36. The van der Waals surface area contributed by atoms with E-state index in [1.165, 1.54) is 11.9 Å². The summed E-state index contributed by atoms with van der Waals surface area (Å²) in [7, 11) is 3.27. The summed E-state index contributed by atoms with van der Waals surface area (Å²) in [6.07, 6.45) is 3.93. The zero-order valence-corrected chi connectivity index (χ0v) is 21.8. The number of rotatable bonds is 10. The van der Waals surface area contributed by atoms with Crippen molar-refractivity contribution in [3.05, 3.63) is 95.0 Å². The van der Waals surface area contributed by atoms with E-state index in [1.807, 2.05) is 72.3 Å². The summed E-state index contributed by atoms with van der Waals surface area (Å²) < 4.78 is 16.2. The Bertz CT molecular complexity index is 1360. The number of aromatic nitrogens is 2. The van der Waals surface area contributed by atoms with Crippen molar-refractivity contribution in [1.82, 2.24) is 14.3 Å². The Labute approximate surface area is 219 Å². The third-order valence-electron chi connectivity index (χ3n) is 5.48. The number of aryl methyl sites for hydroxylation is 1. The second-order valence-electron chi connectivity index (χ2n) is 8.02. The molecule has 0 bridgehead atoms. The van der Waals surface area contributed by atoms with Gasteiger partial charge in [0.05, 0.1) is 38.3 Å². The monoisotopic (exact) mass is 522 g/mol. The number of nitrogens with one attached hydrogen (secondary N) is 2. The molecule has 1 heterocycles. The number of amides is 1. The first-order valence-electron chi connectivity index (χ1n) is 11.3. The fourth-order valence-electron chi connectivity index (χ4n) is 3.65. The Kier molecular flexibility index (Phi) is 8.53. The Morgan fingerprint density at radius 1 is 1.06 bits per heavy atom. The molecule has 0 aliphatic heterocycles. The maximum atomic E-state index is 12.7. The average Bonchev–Trinajstić information content (AvgIpc) is 3.31. The lowest BCUT2D eigenvalue weighted by atomic mass is 10.1. The number of hydrogen-bond acceptors (Lipinski definition) is 6. The van der Waals surface area contributed by atoms with Crippen LogP contribution in [-0.4, -0.2) is 29.7 Å². The van der Waals surface area contributed by atoms with Gasteiger partial charge >= 0.3 is 0 Å². The smallest absolute Gasteiger partial charge is 0.228 e. The van der Waals surface area contributed by atoms with Gasteiger partial charge in [-0.3, -0.25) is 9.52 Å². The largest absolute Gasteiger partial charge is 0.497 e. The molecule has 0 atom stereocenters. The van der Waals surface area contributed by atoms with Gasteiger partial charge in [0.1, 0.15) is 11.5 Å².